The Balaban J connectivity index is 1.56. The van der Waals surface area contributed by atoms with Gasteiger partial charge in [0.15, 0.2) is 0 Å². The quantitative estimate of drug-likeness (QED) is 0.758. The third-order valence-electron chi connectivity index (χ3n) is 4.25. The molecule has 4 rings (SSSR count). The first-order chi connectivity index (χ1) is 12.2. The first-order valence-corrected chi connectivity index (χ1v) is 7.97. The average Bonchev–Trinajstić information content (AvgIpc) is 3.36. The van der Waals surface area contributed by atoms with Crippen LogP contribution in [0.1, 0.15) is 40.8 Å². The highest BCUT2D eigenvalue weighted by atomic mass is 16.3. The lowest BCUT2D eigenvalue weighted by molar-refractivity contribution is 0.0717. The Kier molecular flexibility index (Phi) is 3.88. The molecule has 3 aromatic heterocycles. The van der Waals surface area contributed by atoms with Crippen LogP contribution in [0.25, 0.3) is 0 Å². The van der Waals surface area contributed by atoms with E-state index in [2.05, 4.69) is 20.1 Å². The molecule has 25 heavy (non-hydrogen) atoms. The average molecular weight is 340 g/mol. The maximum absolute atomic E-state index is 12.8. The molecule has 128 valence electrons. The minimum absolute atomic E-state index is 0.0285. The molecule has 0 bridgehead atoms. The zero-order valence-electron chi connectivity index (χ0n) is 13.3. The number of amides is 1. The molecule has 0 aromatic carbocycles. The molecule has 1 amide bonds. The van der Waals surface area contributed by atoms with Crippen LogP contribution in [0.5, 0.6) is 0 Å². The lowest BCUT2D eigenvalue weighted by Gasteiger charge is -2.22. The summed E-state index contributed by atoms with van der Waals surface area (Å²) in [6.07, 6.45) is 7.52. The van der Waals surface area contributed by atoms with E-state index in [0.29, 0.717) is 12.4 Å². The third-order valence-corrected chi connectivity index (χ3v) is 4.25. The largest absolute Gasteiger partial charge is 0.467 e. The molecular formula is C16H16N6O3. The van der Waals surface area contributed by atoms with Crippen LogP contribution in [-0.2, 0) is 6.54 Å². The predicted octanol–water partition coefficient (Wildman–Crippen LogP) is 0.980. The number of furan rings is 1. The fraction of sp³-hybridized carbons (Fsp3) is 0.312. The molecule has 0 radical (unpaired) electrons. The van der Waals surface area contributed by atoms with Crippen molar-refractivity contribution in [3.63, 3.8) is 0 Å². The number of carbonyl (C=O) groups excluding carboxylic acids is 1. The van der Waals surface area contributed by atoms with Crippen molar-refractivity contribution in [2.45, 2.75) is 25.4 Å². The summed E-state index contributed by atoms with van der Waals surface area (Å²) in [6, 6.07) is 3.50. The lowest BCUT2D eigenvalue weighted by atomic mass is 10.1. The van der Waals surface area contributed by atoms with Crippen LogP contribution in [0.2, 0.25) is 0 Å². The van der Waals surface area contributed by atoms with Crippen LogP contribution in [-0.4, -0.2) is 42.1 Å². The van der Waals surface area contributed by atoms with Crippen LogP contribution in [0.4, 0.5) is 0 Å². The van der Waals surface area contributed by atoms with Crippen LogP contribution >= 0.6 is 0 Å². The number of rotatable bonds is 4. The lowest BCUT2D eigenvalue weighted by Crippen LogP contribution is -2.35. The highest BCUT2D eigenvalue weighted by Crippen LogP contribution is 2.32. The monoisotopic (exact) mass is 340 g/mol. The summed E-state index contributed by atoms with van der Waals surface area (Å²) in [7, 11) is 0. The van der Waals surface area contributed by atoms with Crippen LogP contribution in [0.15, 0.2) is 46.5 Å². The van der Waals surface area contributed by atoms with Gasteiger partial charge in [-0.25, -0.2) is 14.6 Å². The van der Waals surface area contributed by atoms with Crippen molar-refractivity contribution >= 4 is 5.91 Å². The third kappa shape index (κ3) is 2.95. The maximum atomic E-state index is 12.8. The zero-order chi connectivity index (χ0) is 17.2. The number of nitrogens with one attached hydrogen (secondary N) is 1. The summed E-state index contributed by atoms with van der Waals surface area (Å²) in [5.41, 5.74) is -0.430. The molecule has 0 unspecified atom stereocenters. The second-order valence-electron chi connectivity index (χ2n) is 5.84. The molecule has 1 N–H and O–H groups in total. The summed E-state index contributed by atoms with van der Waals surface area (Å²) in [6.45, 7) is 0.868. The number of aromatic amines is 1. The second-order valence-corrected chi connectivity index (χ2v) is 5.84. The van der Waals surface area contributed by atoms with Crippen molar-refractivity contribution in [1.82, 2.24) is 29.6 Å². The van der Waals surface area contributed by atoms with Crippen molar-refractivity contribution < 1.29 is 9.21 Å². The predicted molar refractivity (Wildman–Crippen MR) is 85.7 cm³/mol. The van der Waals surface area contributed by atoms with Gasteiger partial charge in [-0.05, 0) is 25.0 Å². The fourth-order valence-corrected chi connectivity index (χ4v) is 3.07. The maximum Gasteiger partial charge on any atom is 0.263 e. The normalized spacial score (nSPS) is 17.1. The Bertz CT molecular complexity index is 916. The number of H-pyrrole nitrogens is 1. The van der Waals surface area contributed by atoms with Gasteiger partial charge in [-0.3, -0.25) is 9.59 Å². The summed E-state index contributed by atoms with van der Waals surface area (Å²) in [4.78, 5) is 37.5. The standard InChI is InChI=1S/C16H16N6O3/c23-15-11(7-18-14(20-15)8-21-10-17-9-19-21)16(24)22-5-1-3-12(22)13-4-2-6-25-13/h2,4,6-7,9-10,12H,1,3,5,8H2,(H,18,20,23)/t12-/m0/s1. The van der Waals surface area contributed by atoms with E-state index in [4.69, 9.17) is 4.42 Å². The first-order valence-electron chi connectivity index (χ1n) is 7.97. The molecule has 1 saturated heterocycles. The molecule has 1 atom stereocenters. The molecule has 3 aromatic rings. The number of aromatic nitrogens is 5. The zero-order valence-corrected chi connectivity index (χ0v) is 13.3. The first kappa shape index (κ1) is 15.3. The number of hydrogen-bond donors (Lipinski definition) is 1. The van der Waals surface area contributed by atoms with E-state index in [-0.39, 0.29) is 24.1 Å². The summed E-state index contributed by atoms with van der Waals surface area (Å²) >= 11 is 0. The van der Waals surface area contributed by atoms with Gasteiger partial charge >= 0.3 is 0 Å². The molecule has 0 aliphatic carbocycles. The van der Waals surface area contributed by atoms with E-state index in [1.54, 1.807) is 17.2 Å². The minimum Gasteiger partial charge on any atom is -0.467 e. The van der Waals surface area contributed by atoms with Crippen molar-refractivity contribution in [3.05, 3.63) is 64.7 Å². The van der Waals surface area contributed by atoms with Gasteiger partial charge in [0, 0.05) is 12.7 Å². The van der Waals surface area contributed by atoms with Crippen molar-refractivity contribution in [1.29, 1.82) is 0 Å². The minimum atomic E-state index is -0.458. The van der Waals surface area contributed by atoms with Gasteiger partial charge in [0.25, 0.3) is 11.5 Å². The molecule has 0 spiro atoms. The summed E-state index contributed by atoms with van der Waals surface area (Å²) in [5.74, 6) is 0.814. The highest BCUT2D eigenvalue weighted by molar-refractivity contribution is 5.94. The SMILES string of the molecule is O=C(c1cnc(Cn2cncn2)[nH]c1=O)N1CCC[C@H]1c1ccco1. The molecule has 4 heterocycles. The van der Waals surface area contributed by atoms with Gasteiger partial charge in [0.1, 0.15) is 36.3 Å². The Morgan fingerprint density at radius 1 is 1.44 bits per heavy atom. The van der Waals surface area contributed by atoms with Gasteiger partial charge in [-0.15, -0.1) is 0 Å². The number of likely N-dealkylation sites (tertiary alicyclic amines) is 1. The Morgan fingerprint density at radius 3 is 3.08 bits per heavy atom. The molecule has 9 nitrogen and oxygen atoms in total. The smallest absolute Gasteiger partial charge is 0.263 e. The Morgan fingerprint density at radius 2 is 2.36 bits per heavy atom. The molecule has 1 aliphatic rings. The van der Waals surface area contributed by atoms with Crippen LogP contribution in [0.3, 0.4) is 0 Å². The number of hydrogen-bond acceptors (Lipinski definition) is 6. The van der Waals surface area contributed by atoms with E-state index in [0.717, 1.165) is 18.6 Å². The van der Waals surface area contributed by atoms with Crippen molar-refractivity contribution in [2.75, 3.05) is 6.54 Å². The Labute approximate surface area is 142 Å². The number of nitrogens with zero attached hydrogens (tertiary/aromatic N) is 5. The number of carbonyl (C=O) groups is 1. The summed E-state index contributed by atoms with van der Waals surface area (Å²) < 4.78 is 6.97. The second kappa shape index (κ2) is 6.34. The fourth-order valence-electron chi connectivity index (χ4n) is 3.07. The van der Waals surface area contributed by atoms with E-state index >= 15 is 0 Å². The van der Waals surface area contributed by atoms with Crippen molar-refractivity contribution in [2.24, 2.45) is 0 Å². The van der Waals surface area contributed by atoms with Gasteiger partial charge < -0.3 is 14.3 Å². The van der Waals surface area contributed by atoms with Crippen LogP contribution in [0, 0.1) is 0 Å². The molecular weight excluding hydrogens is 324 g/mol. The molecule has 1 aliphatic heterocycles. The van der Waals surface area contributed by atoms with E-state index in [9.17, 15) is 9.59 Å². The molecule has 1 fully saturated rings. The van der Waals surface area contributed by atoms with Gasteiger partial charge in [-0.2, -0.15) is 5.10 Å². The Hall–Kier alpha value is -3.23. The molecule has 0 saturated carbocycles. The van der Waals surface area contributed by atoms with Gasteiger partial charge in [0.2, 0.25) is 0 Å². The molecule has 9 heteroatoms. The van der Waals surface area contributed by atoms with E-state index in [1.807, 2.05) is 6.07 Å². The van der Waals surface area contributed by atoms with Gasteiger partial charge in [-0.1, -0.05) is 0 Å². The topological polar surface area (TPSA) is 110 Å². The van der Waals surface area contributed by atoms with Gasteiger partial charge in [0.05, 0.1) is 12.3 Å². The van der Waals surface area contributed by atoms with Crippen molar-refractivity contribution in [3.8, 4) is 0 Å². The van der Waals surface area contributed by atoms with Crippen LogP contribution < -0.4 is 5.56 Å². The highest BCUT2D eigenvalue weighted by Gasteiger charge is 2.33. The van der Waals surface area contributed by atoms with E-state index < -0.39 is 5.56 Å². The van der Waals surface area contributed by atoms with E-state index in [1.165, 1.54) is 23.5 Å². The summed E-state index contributed by atoms with van der Waals surface area (Å²) in [5, 5.41) is 3.96.